The monoisotopic (exact) mass is 287 g/mol. The largest absolute Gasteiger partial charge is 0.481 e. The van der Waals surface area contributed by atoms with Gasteiger partial charge in [0.1, 0.15) is 12.1 Å². The smallest absolute Gasteiger partial charge is 0.345 e. The van der Waals surface area contributed by atoms with E-state index in [0.29, 0.717) is 11.7 Å². The maximum Gasteiger partial charge on any atom is 0.345 e. The van der Waals surface area contributed by atoms with Crippen molar-refractivity contribution in [1.29, 1.82) is 0 Å². The molecule has 2 heterocycles. The lowest BCUT2D eigenvalue weighted by molar-refractivity contribution is -0.380. The van der Waals surface area contributed by atoms with Crippen molar-refractivity contribution >= 4 is 27.4 Å². The predicted octanol–water partition coefficient (Wildman–Crippen LogP) is 0.977. The van der Waals surface area contributed by atoms with Crippen molar-refractivity contribution in [2.24, 2.45) is 5.92 Å². The molecule has 9 heteroatoms. The molecule has 0 spiro atoms. The summed E-state index contributed by atoms with van der Waals surface area (Å²) in [6.07, 6.45) is 1.19. The quantitative estimate of drug-likeness (QED) is 0.635. The van der Waals surface area contributed by atoms with Gasteiger partial charge in [-0.15, -0.1) is 0 Å². The van der Waals surface area contributed by atoms with Crippen LogP contribution in [0.25, 0.3) is 0 Å². The van der Waals surface area contributed by atoms with Crippen LogP contribution in [0.4, 0.5) is 10.1 Å². The number of nitro groups is 1. The molecule has 0 bridgehead atoms. The van der Waals surface area contributed by atoms with Crippen molar-refractivity contribution in [3.63, 3.8) is 0 Å². The fourth-order valence-corrected chi connectivity index (χ4v) is 2.93. The summed E-state index contributed by atoms with van der Waals surface area (Å²) in [5.74, 6) is -1.56. The van der Waals surface area contributed by atoms with E-state index in [0.717, 1.165) is 11.3 Å². The fraction of sp³-hybridized carbons (Fsp3) is 0.600. The van der Waals surface area contributed by atoms with E-state index in [2.05, 4.69) is 4.98 Å². The first-order chi connectivity index (χ1) is 9.04. The first-order valence-electron chi connectivity index (χ1n) is 5.72. The average molecular weight is 287 g/mol. The van der Waals surface area contributed by atoms with Gasteiger partial charge in [0.25, 0.3) is 0 Å². The Hall–Kier alpha value is -1.74. The zero-order chi connectivity index (χ0) is 14.0. The minimum Gasteiger partial charge on any atom is -0.481 e. The molecule has 0 radical (unpaired) electrons. The molecule has 0 amide bonds. The Labute approximate surface area is 112 Å². The third-order valence-corrected chi connectivity index (χ3v) is 4.00. The van der Waals surface area contributed by atoms with Crippen LogP contribution < -0.4 is 4.90 Å². The number of hydrogen-bond donors (Lipinski definition) is 1. The summed E-state index contributed by atoms with van der Waals surface area (Å²) in [5, 5.41) is 20.2. The number of anilines is 1. The molecule has 1 aromatic rings. The minimum atomic E-state index is -0.924. The van der Waals surface area contributed by atoms with Crippen LogP contribution in [-0.2, 0) is 9.53 Å². The molecule has 104 valence electrons. The lowest BCUT2D eigenvalue weighted by atomic mass is 10.0. The Morgan fingerprint density at radius 3 is 3.00 bits per heavy atom. The lowest BCUT2D eigenvalue weighted by Crippen LogP contribution is -2.43. The van der Waals surface area contributed by atoms with Gasteiger partial charge in [-0.05, 0) is 18.3 Å². The van der Waals surface area contributed by atoms with Crippen molar-refractivity contribution in [1.82, 2.24) is 4.98 Å². The molecule has 2 atom stereocenters. The molecule has 2 rings (SSSR count). The number of nitrogens with zero attached hydrogens (tertiary/aromatic N) is 3. The highest BCUT2D eigenvalue weighted by Crippen LogP contribution is 2.32. The summed E-state index contributed by atoms with van der Waals surface area (Å²) in [6, 6.07) is -0.340. The molecular formula is C10H13N3O5S. The van der Waals surface area contributed by atoms with Gasteiger partial charge in [0.2, 0.25) is 0 Å². The van der Waals surface area contributed by atoms with Crippen LogP contribution in [0.5, 0.6) is 0 Å². The summed E-state index contributed by atoms with van der Waals surface area (Å²) in [5.41, 5.74) is 0. The number of aliphatic carboxylic acids is 1. The van der Waals surface area contributed by atoms with Crippen LogP contribution in [0.15, 0.2) is 6.20 Å². The zero-order valence-corrected chi connectivity index (χ0v) is 11.0. The fourth-order valence-electron chi connectivity index (χ4n) is 2.07. The highest BCUT2D eigenvalue weighted by molar-refractivity contribution is 7.18. The molecule has 1 aliphatic heterocycles. The molecule has 1 N–H and O–H groups in total. The minimum absolute atomic E-state index is 0.0563. The van der Waals surface area contributed by atoms with E-state index >= 15 is 0 Å². The SMILES string of the molecule is CCN(c1ncc([N+](=O)[O-])s1)C1COCC1C(=O)O. The Morgan fingerprint density at radius 1 is 1.74 bits per heavy atom. The summed E-state index contributed by atoms with van der Waals surface area (Å²) in [6.45, 7) is 2.81. The molecule has 1 aromatic heterocycles. The number of carbonyl (C=O) groups is 1. The van der Waals surface area contributed by atoms with E-state index in [1.54, 1.807) is 4.90 Å². The zero-order valence-electron chi connectivity index (χ0n) is 10.2. The van der Waals surface area contributed by atoms with Crippen LogP contribution in [0.3, 0.4) is 0 Å². The number of likely N-dealkylation sites (N-methyl/N-ethyl adjacent to an activating group) is 1. The summed E-state index contributed by atoms with van der Waals surface area (Å²) in [7, 11) is 0. The van der Waals surface area contributed by atoms with Gasteiger partial charge in [-0.1, -0.05) is 0 Å². The molecule has 8 nitrogen and oxygen atoms in total. The number of aromatic nitrogens is 1. The van der Waals surface area contributed by atoms with Crippen molar-refractivity contribution in [2.75, 3.05) is 24.7 Å². The maximum absolute atomic E-state index is 11.1. The van der Waals surface area contributed by atoms with Gasteiger partial charge in [0, 0.05) is 6.54 Å². The second kappa shape index (κ2) is 5.49. The first-order valence-corrected chi connectivity index (χ1v) is 6.53. The molecule has 0 aromatic carbocycles. The Balaban J connectivity index is 2.23. The summed E-state index contributed by atoms with van der Waals surface area (Å²) >= 11 is 0.942. The molecule has 0 aliphatic carbocycles. The van der Waals surface area contributed by atoms with Crippen molar-refractivity contribution < 1.29 is 19.6 Å². The van der Waals surface area contributed by atoms with Gasteiger partial charge >= 0.3 is 11.0 Å². The maximum atomic E-state index is 11.1. The van der Waals surface area contributed by atoms with E-state index in [4.69, 9.17) is 9.84 Å². The van der Waals surface area contributed by atoms with Crippen molar-refractivity contribution in [2.45, 2.75) is 13.0 Å². The number of rotatable bonds is 5. The highest BCUT2D eigenvalue weighted by atomic mass is 32.1. The van der Waals surface area contributed by atoms with Gasteiger partial charge in [0.15, 0.2) is 5.13 Å². The van der Waals surface area contributed by atoms with Gasteiger partial charge in [-0.25, -0.2) is 4.98 Å². The van der Waals surface area contributed by atoms with E-state index in [-0.39, 0.29) is 24.3 Å². The van der Waals surface area contributed by atoms with E-state index < -0.39 is 16.8 Å². The van der Waals surface area contributed by atoms with Crippen LogP contribution in [0.2, 0.25) is 0 Å². The number of carboxylic acids is 1. The second-order valence-electron chi connectivity index (χ2n) is 4.07. The van der Waals surface area contributed by atoms with Crippen LogP contribution in [0.1, 0.15) is 6.92 Å². The Bertz CT molecular complexity index is 491. The molecule has 2 unspecified atom stereocenters. The summed E-state index contributed by atoms with van der Waals surface area (Å²) < 4.78 is 5.21. The number of carboxylic acid groups (broad SMARTS) is 1. The van der Waals surface area contributed by atoms with E-state index in [9.17, 15) is 14.9 Å². The molecule has 1 aliphatic rings. The molecule has 1 fully saturated rings. The number of hydrogen-bond acceptors (Lipinski definition) is 7. The highest BCUT2D eigenvalue weighted by Gasteiger charge is 2.38. The first kappa shape index (κ1) is 13.7. The van der Waals surface area contributed by atoms with Gasteiger partial charge < -0.3 is 14.7 Å². The Morgan fingerprint density at radius 2 is 2.47 bits per heavy atom. The van der Waals surface area contributed by atoms with Crippen molar-refractivity contribution in [3.8, 4) is 0 Å². The normalized spacial score (nSPS) is 22.4. The van der Waals surface area contributed by atoms with Gasteiger partial charge in [-0.2, -0.15) is 0 Å². The average Bonchev–Trinajstić information content (AvgIpc) is 2.98. The van der Waals surface area contributed by atoms with Crippen LogP contribution in [-0.4, -0.2) is 46.8 Å². The molecular weight excluding hydrogens is 274 g/mol. The second-order valence-corrected chi connectivity index (χ2v) is 5.06. The Kier molecular flexibility index (Phi) is 3.96. The summed E-state index contributed by atoms with van der Waals surface area (Å²) in [4.78, 5) is 27.1. The van der Waals surface area contributed by atoms with Gasteiger partial charge in [0.05, 0.1) is 24.2 Å². The van der Waals surface area contributed by atoms with E-state index in [1.807, 2.05) is 6.92 Å². The van der Waals surface area contributed by atoms with Crippen LogP contribution in [0, 0.1) is 16.0 Å². The third kappa shape index (κ3) is 2.66. The van der Waals surface area contributed by atoms with E-state index in [1.165, 1.54) is 6.20 Å². The van der Waals surface area contributed by atoms with Gasteiger partial charge in [-0.3, -0.25) is 14.9 Å². The molecule has 1 saturated heterocycles. The molecule has 0 saturated carbocycles. The van der Waals surface area contributed by atoms with Crippen LogP contribution >= 0.6 is 11.3 Å². The third-order valence-electron chi connectivity index (χ3n) is 3.02. The lowest BCUT2D eigenvalue weighted by Gasteiger charge is -2.28. The number of ether oxygens (including phenoxy) is 1. The molecule has 19 heavy (non-hydrogen) atoms. The predicted molar refractivity (Wildman–Crippen MR) is 67.5 cm³/mol. The topological polar surface area (TPSA) is 106 Å². The number of thiazole rings is 1. The standard InChI is InChI=1S/C10H13N3O5S/c1-2-12(7-5-18-4-6(7)9(14)15)10-11-3-8(19-10)13(16)17/h3,6-7H,2,4-5H2,1H3,(H,14,15). The van der Waals surface area contributed by atoms with Crippen molar-refractivity contribution in [3.05, 3.63) is 16.3 Å².